The Bertz CT molecular complexity index is 48.1. The van der Waals surface area contributed by atoms with E-state index in [1.54, 1.807) is 0 Å². The van der Waals surface area contributed by atoms with Crippen LogP contribution in [0.2, 0.25) is 0 Å². The number of rotatable bonds is 1. The third-order valence-corrected chi connectivity index (χ3v) is 0.211. The van der Waals surface area contributed by atoms with Crippen molar-refractivity contribution < 1.29 is 4.74 Å². The van der Waals surface area contributed by atoms with Gasteiger partial charge in [-0.05, 0) is 0 Å². The predicted molar refractivity (Wildman–Crippen MR) is 20.0 cm³/mol. The molecule has 0 aromatic carbocycles. The second-order valence-electron chi connectivity index (χ2n) is 0.315. The number of hydrogen-bond donors (Lipinski definition) is 1. The lowest BCUT2D eigenvalue weighted by molar-refractivity contribution is 0.405. The Hall–Kier alpha value is -0.360. The average Bonchev–Trinajstić information content (AvgIpc) is 1.41. The van der Waals surface area contributed by atoms with Crippen LogP contribution in [0.25, 0.3) is 0 Å². The molecule has 0 unspecified atom stereocenters. The van der Waals surface area contributed by atoms with E-state index in [9.17, 15) is 0 Å². The maximum Gasteiger partial charge on any atom is 0.287 e. The molecule has 0 aliphatic heterocycles. The lowest BCUT2D eigenvalue weighted by Crippen LogP contribution is -1.60. The topological polar surface area (TPSA) is 33.0 Å². The van der Waals surface area contributed by atoms with Crippen LogP contribution in [0.4, 0.5) is 0 Å². The van der Waals surface area contributed by atoms with Gasteiger partial charge in [-0.2, -0.15) is 5.26 Å². The average molecular weight is 88.1 g/mol. The molecule has 0 amide bonds. The molecule has 0 saturated heterocycles. The van der Waals surface area contributed by atoms with Crippen LogP contribution in [-0.2, 0) is 4.74 Å². The van der Waals surface area contributed by atoms with Gasteiger partial charge in [0.1, 0.15) is 0 Å². The van der Waals surface area contributed by atoms with Crippen molar-refractivity contribution in [2.24, 2.45) is 0 Å². The summed E-state index contributed by atoms with van der Waals surface area (Å²) in [6.07, 6.45) is 1.39. The third-order valence-electron chi connectivity index (χ3n) is 0.105. The van der Waals surface area contributed by atoms with E-state index in [-0.39, 0.29) is 0 Å². The largest absolute Gasteiger partial charge is 0.408 e. The molecule has 1 radical (unpaired) electrons. The zero-order valence-electron chi connectivity index (χ0n) is 2.38. The first kappa shape index (κ1) is 4.64. The van der Waals surface area contributed by atoms with E-state index in [4.69, 9.17) is 5.26 Å². The molecule has 0 saturated carbocycles. The van der Waals surface area contributed by atoms with E-state index in [1.807, 2.05) is 0 Å². The monoisotopic (exact) mass is 88.0 g/mol. The van der Waals surface area contributed by atoms with Crippen LogP contribution < -0.4 is 0 Å². The van der Waals surface area contributed by atoms with Crippen LogP contribution in [0.1, 0.15) is 0 Å². The number of nitriles is 1. The summed E-state index contributed by atoms with van der Waals surface area (Å²) in [6.45, 7) is 0. The highest BCUT2D eigenvalue weighted by Gasteiger charge is 1.63. The fourth-order valence-electron chi connectivity index (χ4n) is 0.0236. The zero-order chi connectivity index (χ0) is 4.12. The number of thiol groups is 1. The van der Waals surface area contributed by atoms with Crippen LogP contribution in [-0.4, -0.2) is 0 Å². The van der Waals surface area contributed by atoms with Gasteiger partial charge in [0, 0.05) is 0 Å². The molecule has 0 fully saturated rings. The van der Waals surface area contributed by atoms with Gasteiger partial charge >= 0.3 is 0 Å². The minimum atomic E-state index is 1.01. The smallest absolute Gasteiger partial charge is 0.287 e. The standard InChI is InChI=1S/C2H2NOS/c3-1-4-2-5/h2,5H. The van der Waals surface area contributed by atoms with Crippen molar-refractivity contribution in [1.82, 2.24) is 0 Å². The van der Waals surface area contributed by atoms with Crippen LogP contribution in [0.3, 0.4) is 0 Å². The van der Waals surface area contributed by atoms with Crippen molar-refractivity contribution in [1.29, 1.82) is 5.26 Å². The first-order valence-electron chi connectivity index (χ1n) is 0.922. The quantitative estimate of drug-likeness (QED) is 0.374. The van der Waals surface area contributed by atoms with Gasteiger partial charge in [-0.15, -0.1) is 12.6 Å². The van der Waals surface area contributed by atoms with Crippen molar-refractivity contribution in [2.75, 3.05) is 0 Å². The van der Waals surface area contributed by atoms with E-state index in [0.717, 1.165) is 5.94 Å². The molecule has 2 nitrogen and oxygen atoms in total. The molecule has 0 atom stereocenters. The molecule has 0 aliphatic rings. The lowest BCUT2D eigenvalue weighted by atomic mass is 11.5. The maximum atomic E-state index is 7.51. The summed E-state index contributed by atoms with van der Waals surface area (Å²) in [5, 5.41) is 7.51. The number of nitrogens with zero attached hydrogens (tertiary/aromatic N) is 1. The summed E-state index contributed by atoms with van der Waals surface area (Å²) >= 11 is 3.43. The molecule has 0 aliphatic carbocycles. The van der Waals surface area contributed by atoms with Crippen molar-refractivity contribution in [2.45, 2.75) is 0 Å². The predicted octanol–water partition coefficient (Wildman–Crippen LogP) is 0.533. The van der Waals surface area contributed by atoms with Gasteiger partial charge in [0.05, 0.1) is 0 Å². The second-order valence-corrected chi connectivity index (χ2v) is 0.525. The number of hydrogen-bond acceptors (Lipinski definition) is 3. The Balaban J connectivity index is 2.48. The second kappa shape index (κ2) is 3.64. The first-order chi connectivity index (χ1) is 2.41. The van der Waals surface area contributed by atoms with Gasteiger partial charge in [-0.3, -0.25) is 0 Å². The van der Waals surface area contributed by atoms with Crippen molar-refractivity contribution in [3.63, 3.8) is 0 Å². The van der Waals surface area contributed by atoms with E-state index in [0.29, 0.717) is 0 Å². The molecule has 3 heteroatoms. The first-order valence-corrected chi connectivity index (χ1v) is 1.44. The molecular weight excluding hydrogens is 86.1 g/mol. The van der Waals surface area contributed by atoms with Crippen LogP contribution in [0.15, 0.2) is 0 Å². The highest BCUT2D eigenvalue weighted by atomic mass is 32.1. The highest BCUT2D eigenvalue weighted by Crippen LogP contribution is 1.78. The molecule has 0 rings (SSSR count). The number of ether oxygens (including phenoxy) is 1. The Morgan fingerprint density at radius 2 is 2.60 bits per heavy atom. The maximum absolute atomic E-state index is 7.51. The van der Waals surface area contributed by atoms with Gasteiger partial charge in [0.2, 0.25) is 5.94 Å². The molecule has 0 heterocycles. The Kier molecular flexibility index (Phi) is 3.38. The third kappa shape index (κ3) is 3.64. The summed E-state index contributed by atoms with van der Waals surface area (Å²) in [5.74, 6) is 1.01. The molecule has 0 aromatic heterocycles. The van der Waals surface area contributed by atoms with E-state index < -0.39 is 0 Å². The van der Waals surface area contributed by atoms with Crippen LogP contribution in [0, 0.1) is 17.5 Å². The molecule has 27 valence electrons. The summed E-state index contributed by atoms with van der Waals surface area (Å²) in [4.78, 5) is 0. The molecule has 0 N–H and O–H groups in total. The van der Waals surface area contributed by atoms with Gasteiger partial charge < -0.3 is 4.74 Å². The van der Waals surface area contributed by atoms with E-state index in [1.165, 1.54) is 6.26 Å². The van der Waals surface area contributed by atoms with E-state index in [2.05, 4.69) is 17.4 Å². The summed E-state index contributed by atoms with van der Waals surface area (Å²) in [7, 11) is 0. The summed E-state index contributed by atoms with van der Waals surface area (Å²) in [5.41, 5.74) is 0. The SMILES string of the molecule is N#CO[CH]S. The minimum absolute atomic E-state index is 1.01. The highest BCUT2D eigenvalue weighted by molar-refractivity contribution is 7.82. The van der Waals surface area contributed by atoms with Gasteiger partial charge in [-0.25, -0.2) is 0 Å². The Labute approximate surface area is 35.8 Å². The molecule has 0 spiro atoms. The van der Waals surface area contributed by atoms with E-state index >= 15 is 0 Å². The molecule has 5 heavy (non-hydrogen) atoms. The van der Waals surface area contributed by atoms with Gasteiger partial charge in [0.15, 0.2) is 0 Å². The fraction of sp³-hybridized carbons (Fsp3) is 0. The lowest BCUT2D eigenvalue weighted by Gasteiger charge is -1.73. The zero-order valence-corrected chi connectivity index (χ0v) is 3.27. The molecule has 0 bridgehead atoms. The normalized spacial score (nSPS) is 5.60. The van der Waals surface area contributed by atoms with Gasteiger partial charge in [-0.1, -0.05) is 0 Å². The molecule has 0 aromatic rings. The van der Waals surface area contributed by atoms with Crippen molar-refractivity contribution in [3.8, 4) is 6.26 Å². The minimum Gasteiger partial charge on any atom is -0.408 e. The van der Waals surface area contributed by atoms with Crippen LogP contribution in [0.5, 0.6) is 0 Å². The summed E-state index contributed by atoms with van der Waals surface area (Å²) < 4.78 is 3.88. The fourth-order valence-corrected chi connectivity index (χ4v) is 0.0707. The van der Waals surface area contributed by atoms with Gasteiger partial charge in [0.25, 0.3) is 6.26 Å². The molecular formula is C2H2NOS. The Morgan fingerprint density at radius 3 is 2.60 bits per heavy atom. The van der Waals surface area contributed by atoms with Crippen LogP contribution >= 0.6 is 12.6 Å². The Morgan fingerprint density at radius 1 is 2.00 bits per heavy atom. The van der Waals surface area contributed by atoms with Crippen molar-refractivity contribution in [3.05, 3.63) is 5.94 Å². The summed E-state index contributed by atoms with van der Waals surface area (Å²) in [6, 6.07) is 0. The van der Waals surface area contributed by atoms with Crippen molar-refractivity contribution >= 4 is 12.6 Å².